The van der Waals surface area contributed by atoms with Crippen LogP contribution in [0, 0.1) is 0 Å². The Bertz CT molecular complexity index is 974. The third-order valence-corrected chi connectivity index (χ3v) is 4.38. The number of hydrogen-bond acceptors (Lipinski definition) is 3. The molecule has 0 aliphatic heterocycles. The van der Waals surface area contributed by atoms with Crippen molar-refractivity contribution in [1.29, 1.82) is 0 Å². The molecule has 0 fully saturated rings. The molecule has 3 aromatic rings. The normalized spacial score (nSPS) is 11.5. The predicted molar refractivity (Wildman–Crippen MR) is 112 cm³/mol. The maximum atomic E-state index is 12.4. The Morgan fingerprint density at radius 3 is 2.11 bits per heavy atom. The van der Waals surface area contributed by atoms with Crippen molar-refractivity contribution in [1.82, 2.24) is 0 Å². The van der Waals surface area contributed by atoms with Gasteiger partial charge in [0.05, 0.1) is 6.26 Å². The molecule has 0 aliphatic carbocycles. The van der Waals surface area contributed by atoms with Crippen molar-refractivity contribution in [2.45, 2.75) is 26.2 Å². The summed E-state index contributed by atoms with van der Waals surface area (Å²) >= 11 is 0. The summed E-state index contributed by atoms with van der Waals surface area (Å²) in [5.41, 5.74) is 2.99. The van der Waals surface area contributed by atoms with Crippen molar-refractivity contribution >= 4 is 23.5 Å². The zero-order valence-corrected chi connectivity index (χ0v) is 16.2. The number of ketones is 1. The molecule has 2 aromatic carbocycles. The van der Waals surface area contributed by atoms with Crippen molar-refractivity contribution < 1.29 is 14.0 Å². The van der Waals surface area contributed by atoms with Gasteiger partial charge in [-0.1, -0.05) is 32.9 Å². The van der Waals surface area contributed by atoms with E-state index in [0.717, 1.165) is 0 Å². The SMILES string of the molecule is CC(C)(C)c1ccc(C(=O)Nc2ccc(C(=O)/C=C/c3ccco3)cc2)cc1. The number of nitrogens with one attached hydrogen (secondary N) is 1. The van der Waals surface area contributed by atoms with Crippen LogP contribution >= 0.6 is 0 Å². The molecule has 0 spiro atoms. The van der Waals surface area contributed by atoms with Crippen LogP contribution in [0.4, 0.5) is 5.69 Å². The van der Waals surface area contributed by atoms with Gasteiger partial charge >= 0.3 is 0 Å². The molecule has 28 heavy (non-hydrogen) atoms. The summed E-state index contributed by atoms with van der Waals surface area (Å²) in [6.07, 6.45) is 4.64. The molecule has 0 saturated heterocycles. The van der Waals surface area contributed by atoms with Gasteiger partial charge in [-0.3, -0.25) is 9.59 Å². The van der Waals surface area contributed by atoms with Crippen molar-refractivity contribution in [3.63, 3.8) is 0 Å². The third-order valence-electron chi connectivity index (χ3n) is 4.38. The number of carbonyl (C=O) groups excluding carboxylic acids is 2. The fourth-order valence-electron chi connectivity index (χ4n) is 2.68. The molecule has 0 unspecified atom stereocenters. The number of furan rings is 1. The Labute approximate surface area is 164 Å². The van der Waals surface area contributed by atoms with Crippen LogP contribution in [0.15, 0.2) is 77.4 Å². The smallest absolute Gasteiger partial charge is 0.255 e. The van der Waals surface area contributed by atoms with Crippen LogP contribution in [-0.2, 0) is 5.41 Å². The van der Waals surface area contributed by atoms with E-state index in [9.17, 15) is 9.59 Å². The number of hydrogen-bond donors (Lipinski definition) is 1. The molecular formula is C24H23NO3. The molecule has 1 aromatic heterocycles. The zero-order valence-electron chi connectivity index (χ0n) is 16.2. The summed E-state index contributed by atoms with van der Waals surface area (Å²) in [7, 11) is 0. The average molecular weight is 373 g/mol. The molecule has 3 rings (SSSR count). The van der Waals surface area contributed by atoms with Gasteiger partial charge in [0.1, 0.15) is 5.76 Å². The molecule has 1 N–H and O–H groups in total. The lowest BCUT2D eigenvalue weighted by molar-refractivity contribution is 0.102. The molecule has 0 atom stereocenters. The van der Waals surface area contributed by atoms with Crippen molar-refractivity contribution in [3.05, 3.63) is 95.5 Å². The first kappa shape index (κ1) is 19.4. The molecule has 0 bridgehead atoms. The van der Waals surface area contributed by atoms with Crippen molar-refractivity contribution in [2.75, 3.05) is 5.32 Å². The largest absolute Gasteiger partial charge is 0.465 e. The van der Waals surface area contributed by atoms with Crippen LogP contribution in [0.3, 0.4) is 0 Å². The fraction of sp³-hybridized carbons (Fsp3) is 0.167. The van der Waals surface area contributed by atoms with Crippen LogP contribution in [0.5, 0.6) is 0 Å². The number of allylic oxidation sites excluding steroid dienone is 1. The highest BCUT2D eigenvalue weighted by Crippen LogP contribution is 2.22. The van der Waals surface area contributed by atoms with E-state index in [1.807, 2.05) is 24.3 Å². The average Bonchev–Trinajstić information content (AvgIpc) is 3.20. The summed E-state index contributed by atoms with van der Waals surface area (Å²) in [4.78, 5) is 24.6. The number of anilines is 1. The second-order valence-corrected chi connectivity index (χ2v) is 7.57. The van der Waals surface area contributed by atoms with Crippen molar-refractivity contribution in [3.8, 4) is 0 Å². The standard InChI is InChI=1S/C24H23NO3/c1-24(2,3)19-10-6-18(7-11-19)23(27)25-20-12-8-17(9-13-20)22(26)15-14-21-5-4-16-28-21/h4-16H,1-3H3,(H,25,27)/b15-14+. The van der Waals surface area contributed by atoms with Gasteiger partial charge in [-0.2, -0.15) is 0 Å². The monoisotopic (exact) mass is 373 g/mol. The second-order valence-electron chi connectivity index (χ2n) is 7.57. The molecule has 4 nitrogen and oxygen atoms in total. The van der Waals surface area contributed by atoms with Crippen molar-refractivity contribution in [2.24, 2.45) is 0 Å². The summed E-state index contributed by atoms with van der Waals surface area (Å²) in [5, 5.41) is 2.85. The van der Waals surface area contributed by atoms with Gasteiger partial charge in [-0.05, 0) is 71.7 Å². The lowest BCUT2D eigenvalue weighted by Gasteiger charge is -2.19. The van der Waals surface area contributed by atoms with E-state index in [-0.39, 0.29) is 17.1 Å². The van der Waals surface area contributed by atoms with Gasteiger partial charge < -0.3 is 9.73 Å². The van der Waals surface area contributed by atoms with Crippen LogP contribution in [-0.4, -0.2) is 11.7 Å². The van der Waals surface area contributed by atoms with Gasteiger partial charge in [0, 0.05) is 16.8 Å². The molecule has 0 saturated carbocycles. The van der Waals surface area contributed by atoms with Crippen LogP contribution in [0.2, 0.25) is 0 Å². The Kier molecular flexibility index (Phi) is 5.59. The molecule has 0 radical (unpaired) electrons. The number of rotatable bonds is 5. The summed E-state index contributed by atoms with van der Waals surface area (Å²) in [6, 6.07) is 17.9. The topological polar surface area (TPSA) is 59.3 Å². The molecule has 1 heterocycles. The van der Waals surface area contributed by atoms with Gasteiger partial charge in [0.15, 0.2) is 5.78 Å². The predicted octanol–water partition coefficient (Wildman–Crippen LogP) is 5.73. The van der Waals surface area contributed by atoms with Crippen LogP contribution < -0.4 is 5.32 Å². The summed E-state index contributed by atoms with van der Waals surface area (Å²) in [5.74, 6) is 0.305. The minimum absolute atomic E-state index is 0.0444. The highest BCUT2D eigenvalue weighted by molar-refractivity contribution is 6.07. The van der Waals surface area contributed by atoms with Gasteiger partial charge in [0.25, 0.3) is 5.91 Å². The molecular weight excluding hydrogens is 350 g/mol. The highest BCUT2D eigenvalue weighted by atomic mass is 16.3. The first-order chi connectivity index (χ1) is 13.3. The van der Waals surface area contributed by atoms with Crippen LogP contribution in [0.1, 0.15) is 52.8 Å². The van der Waals surface area contributed by atoms with E-state index < -0.39 is 0 Å². The summed E-state index contributed by atoms with van der Waals surface area (Å²) in [6.45, 7) is 6.40. The maximum Gasteiger partial charge on any atom is 0.255 e. The Morgan fingerprint density at radius 1 is 0.893 bits per heavy atom. The zero-order chi connectivity index (χ0) is 20.1. The minimum atomic E-state index is -0.183. The second kappa shape index (κ2) is 8.09. The molecule has 142 valence electrons. The van der Waals surface area contributed by atoms with E-state index >= 15 is 0 Å². The highest BCUT2D eigenvalue weighted by Gasteiger charge is 2.14. The van der Waals surface area contributed by atoms with Gasteiger partial charge in [-0.15, -0.1) is 0 Å². The molecule has 1 amide bonds. The lowest BCUT2D eigenvalue weighted by atomic mass is 9.87. The lowest BCUT2D eigenvalue weighted by Crippen LogP contribution is -2.14. The van der Waals surface area contributed by atoms with Crippen LogP contribution in [0.25, 0.3) is 6.08 Å². The van der Waals surface area contributed by atoms with Gasteiger partial charge in [-0.25, -0.2) is 0 Å². The molecule has 0 aliphatic rings. The van der Waals surface area contributed by atoms with Gasteiger partial charge in [0.2, 0.25) is 0 Å². The van der Waals surface area contributed by atoms with E-state index in [1.165, 1.54) is 11.6 Å². The van der Waals surface area contributed by atoms with E-state index in [2.05, 4.69) is 26.1 Å². The quantitative estimate of drug-likeness (QED) is 0.459. The Hall–Kier alpha value is -3.40. The minimum Gasteiger partial charge on any atom is -0.465 e. The summed E-state index contributed by atoms with van der Waals surface area (Å²) < 4.78 is 5.16. The fourth-order valence-corrected chi connectivity index (χ4v) is 2.68. The Morgan fingerprint density at radius 2 is 1.54 bits per heavy atom. The Balaban J connectivity index is 1.63. The first-order valence-electron chi connectivity index (χ1n) is 9.11. The van der Waals surface area contributed by atoms with E-state index in [4.69, 9.17) is 4.42 Å². The van der Waals surface area contributed by atoms with E-state index in [1.54, 1.807) is 48.7 Å². The number of amides is 1. The molecule has 4 heteroatoms. The number of benzene rings is 2. The maximum absolute atomic E-state index is 12.4. The first-order valence-corrected chi connectivity index (χ1v) is 9.11. The number of carbonyl (C=O) groups is 2. The van der Waals surface area contributed by atoms with E-state index in [0.29, 0.717) is 22.6 Å². The third kappa shape index (κ3) is 4.86.